The Balaban J connectivity index is 2.04. The van der Waals surface area contributed by atoms with E-state index >= 15 is 0 Å². The minimum Gasteiger partial charge on any atom is -0.350 e. The van der Waals surface area contributed by atoms with Crippen LogP contribution in [0, 0.1) is 0 Å². The van der Waals surface area contributed by atoms with Gasteiger partial charge in [0.25, 0.3) is 0 Å². The van der Waals surface area contributed by atoms with Gasteiger partial charge in [0.15, 0.2) is 0 Å². The lowest BCUT2D eigenvalue weighted by Gasteiger charge is -2.20. The number of hydrogen-bond donors (Lipinski definition) is 1. The minimum absolute atomic E-state index is 0.0648. The van der Waals surface area contributed by atoms with Crippen LogP contribution in [0.15, 0.2) is 48.5 Å². The lowest BCUT2D eigenvalue weighted by Crippen LogP contribution is -2.30. The summed E-state index contributed by atoms with van der Waals surface area (Å²) in [5.74, 6) is -0.201. The Labute approximate surface area is 169 Å². The van der Waals surface area contributed by atoms with Crippen molar-refractivity contribution in [3.05, 3.63) is 65.2 Å². The van der Waals surface area contributed by atoms with Gasteiger partial charge in [0.05, 0.1) is 5.56 Å². The maximum atomic E-state index is 13.8. The van der Waals surface area contributed by atoms with Crippen molar-refractivity contribution in [2.24, 2.45) is 0 Å². The molecule has 0 spiro atoms. The largest absolute Gasteiger partial charge is 0.417 e. The topological polar surface area (TPSA) is 29.1 Å². The van der Waals surface area contributed by atoms with E-state index in [-0.39, 0.29) is 23.4 Å². The molecule has 3 rings (SSSR count). The molecule has 1 fully saturated rings. The van der Waals surface area contributed by atoms with E-state index in [4.69, 9.17) is 0 Å². The number of halogens is 3. The maximum Gasteiger partial charge on any atom is 0.417 e. The molecule has 1 N–H and O–H groups in total. The van der Waals surface area contributed by atoms with E-state index in [1.54, 1.807) is 18.2 Å². The van der Waals surface area contributed by atoms with Crippen LogP contribution in [-0.4, -0.2) is 11.9 Å². The van der Waals surface area contributed by atoms with Crippen LogP contribution in [0.1, 0.15) is 62.1 Å². The number of benzene rings is 2. The molecule has 2 aromatic rings. The van der Waals surface area contributed by atoms with Crippen LogP contribution in [0.4, 0.5) is 13.2 Å². The first-order valence-corrected chi connectivity index (χ1v) is 10.1. The Morgan fingerprint density at radius 3 is 2.41 bits per heavy atom. The first-order chi connectivity index (χ1) is 13.8. The Hall–Kier alpha value is -2.56. The van der Waals surface area contributed by atoms with Gasteiger partial charge in [-0.15, -0.1) is 0 Å². The van der Waals surface area contributed by atoms with E-state index in [9.17, 15) is 18.0 Å². The molecule has 1 aliphatic rings. The van der Waals surface area contributed by atoms with Crippen LogP contribution in [0.5, 0.6) is 0 Å². The molecule has 0 aliphatic heterocycles. The van der Waals surface area contributed by atoms with Gasteiger partial charge in [0.1, 0.15) is 0 Å². The molecule has 0 heterocycles. The number of hydrogen-bond acceptors (Lipinski definition) is 1. The molecule has 1 saturated carbocycles. The molecule has 1 aliphatic carbocycles. The molecule has 5 heteroatoms. The third-order valence-electron chi connectivity index (χ3n) is 5.37. The van der Waals surface area contributed by atoms with Crippen molar-refractivity contribution in [1.82, 2.24) is 5.32 Å². The number of carbonyl (C=O) groups is 1. The Bertz CT molecular complexity index is 893. The molecule has 0 bridgehead atoms. The molecule has 0 radical (unpaired) electrons. The van der Waals surface area contributed by atoms with Crippen molar-refractivity contribution >= 4 is 12.0 Å². The van der Waals surface area contributed by atoms with Crippen molar-refractivity contribution in [3.63, 3.8) is 0 Å². The molecule has 1 amide bonds. The third-order valence-corrected chi connectivity index (χ3v) is 5.37. The zero-order chi connectivity index (χ0) is 21.0. The molecule has 29 heavy (non-hydrogen) atoms. The fourth-order valence-electron chi connectivity index (χ4n) is 3.96. The highest BCUT2D eigenvalue weighted by atomic mass is 19.4. The summed E-state index contributed by atoms with van der Waals surface area (Å²) >= 11 is 0. The second-order valence-corrected chi connectivity index (χ2v) is 7.83. The van der Waals surface area contributed by atoms with E-state index in [1.165, 1.54) is 18.2 Å². The SMILES string of the molecule is CC(C)c1ccccc1-c1c(/C=C/C(=O)NC2CCCC2)cccc1C(F)(F)F. The Kier molecular flexibility index (Phi) is 6.46. The van der Waals surface area contributed by atoms with Crippen molar-refractivity contribution < 1.29 is 18.0 Å². The zero-order valence-corrected chi connectivity index (χ0v) is 16.7. The summed E-state index contributed by atoms with van der Waals surface area (Å²) in [4.78, 5) is 12.3. The van der Waals surface area contributed by atoms with Crippen LogP contribution >= 0.6 is 0 Å². The molecular weight excluding hydrogens is 375 g/mol. The summed E-state index contributed by atoms with van der Waals surface area (Å²) in [7, 11) is 0. The predicted molar refractivity (Wildman–Crippen MR) is 110 cm³/mol. The van der Waals surface area contributed by atoms with Gasteiger partial charge < -0.3 is 5.32 Å². The molecule has 0 atom stereocenters. The summed E-state index contributed by atoms with van der Waals surface area (Å²) in [6, 6.07) is 11.4. The van der Waals surface area contributed by atoms with Gasteiger partial charge in [-0.1, -0.05) is 63.1 Å². The third kappa shape index (κ3) is 5.08. The quantitative estimate of drug-likeness (QED) is 0.564. The van der Waals surface area contributed by atoms with Gasteiger partial charge >= 0.3 is 6.18 Å². The number of amides is 1. The zero-order valence-electron chi connectivity index (χ0n) is 16.7. The van der Waals surface area contributed by atoms with Crippen molar-refractivity contribution in [3.8, 4) is 11.1 Å². The summed E-state index contributed by atoms with van der Waals surface area (Å²) < 4.78 is 41.4. The standard InChI is InChI=1S/C24H26F3NO/c1-16(2)19-11-5-6-12-20(19)23-17(8-7-13-21(23)24(25,26)27)14-15-22(29)28-18-9-3-4-10-18/h5-8,11-16,18H,3-4,9-10H2,1-2H3,(H,28,29)/b15-14+. The van der Waals surface area contributed by atoms with Crippen LogP contribution in [-0.2, 0) is 11.0 Å². The highest BCUT2D eigenvalue weighted by Crippen LogP contribution is 2.41. The number of alkyl halides is 3. The molecule has 2 aromatic carbocycles. The Morgan fingerprint density at radius 2 is 1.76 bits per heavy atom. The normalized spacial score (nSPS) is 15.4. The predicted octanol–water partition coefficient (Wildman–Crippen LogP) is 6.57. The summed E-state index contributed by atoms with van der Waals surface area (Å²) in [5.41, 5.74) is 1.20. The second kappa shape index (κ2) is 8.85. The van der Waals surface area contributed by atoms with Crippen LogP contribution in [0.25, 0.3) is 17.2 Å². The monoisotopic (exact) mass is 401 g/mol. The molecule has 2 nitrogen and oxygen atoms in total. The summed E-state index contributed by atoms with van der Waals surface area (Å²) in [5, 5.41) is 2.93. The number of carbonyl (C=O) groups excluding carboxylic acids is 1. The molecule has 0 saturated heterocycles. The highest BCUT2D eigenvalue weighted by Gasteiger charge is 2.35. The smallest absolute Gasteiger partial charge is 0.350 e. The van der Waals surface area contributed by atoms with Gasteiger partial charge in [-0.3, -0.25) is 4.79 Å². The Morgan fingerprint density at radius 1 is 1.07 bits per heavy atom. The van der Waals surface area contributed by atoms with Gasteiger partial charge in [-0.25, -0.2) is 0 Å². The fourth-order valence-corrected chi connectivity index (χ4v) is 3.96. The molecule has 0 aromatic heterocycles. The van der Waals surface area contributed by atoms with Crippen molar-refractivity contribution in [1.29, 1.82) is 0 Å². The average Bonchev–Trinajstić information content (AvgIpc) is 3.18. The van der Waals surface area contributed by atoms with E-state index < -0.39 is 11.7 Å². The maximum absolute atomic E-state index is 13.8. The molecular formula is C24H26F3NO. The van der Waals surface area contributed by atoms with Crippen molar-refractivity contribution in [2.75, 3.05) is 0 Å². The first kappa shape index (κ1) is 21.2. The number of nitrogens with one attached hydrogen (secondary N) is 1. The molecule has 154 valence electrons. The van der Waals surface area contributed by atoms with Crippen molar-refractivity contribution in [2.45, 2.75) is 57.7 Å². The first-order valence-electron chi connectivity index (χ1n) is 10.1. The lowest BCUT2D eigenvalue weighted by molar-refractivity contribution is -0.137. The summed E-state index contributed by atoms with van der Waals surface area (Å²) in [6.45, 7) is 3.92. The molecule has 0 unspecified atom stereocenters. The van der Waals surface area contributed by atoms with Gasteiger partial charge in [-0.2, -0.15) is 13.2 Å². The van der Waals surface area contributed by atoms with Gasteiger partial charge in [0.2, 0.25) is 5.91 Å². The summed E-state index contributed by atoms with van der Waals surface area (Å²) in [6.07, 6.45) is 2.44. The van der Waals surface area contributed by atoms with Crippen LogP contribution in [0.2, 0.25) is 0 Å². The fraction of sp³-hybridized carbons (Fsp3) is 0.375. The van der Waals surface area contributed by atoms with Gasteiger partial charge in [-0.05, 0) is 47.6 Å². The minimum atomic E-state index is -4.49. The second-order valence-electron chi connectivity index (χ2n) is 7.83. The average molecular weight is 401 g/mol. The number of rotatable bonds is 5. The van der Waals surface area contributed by atoms with Crippen LogP contribution in [0.3, 0.4) is 0 Å². The van der Waals surface area contributed by atoms with Crippen LogP contribution < -0.4 is 5.32 Å². The van der Waals surface area contributed by atoms with E-state index in [2.05, 4.69) is 5.32 Å². The van der Waals surface area contributed by atoms with E-state index in [0.717, 1.165) is 37.3 Å². The van der Waals surface area contributed by atoms with E-state index in [1.807, 2.05) is 26.0 Å². The van der Waals surface area contributed by atoms with E-state index in [0.29, 0.717) is 11.1 Å². The van der Waals surface area contributed by atoms with Gasteiger partial charge in [0, 0.05) is 17.7 Å². The highest BCUT2D eigenvalue weighted by molar-refractivity contribution is 5.94. The lowest BCUT2D eigenvalue weighted by atomic mass is 9.87.